The van der Waals surface area contributed by atoms with Gasteiger partial charge in [0.25, 0.3) is 0 Å². The molecule has 0 unspecified atom stereocenters. The molecule has 0 aliphatic rings. The number of benzene rings is 2. The van der Waals surface area contributed by atoms with Gasteiger partial charge in [-0.05, 0) is 30.3 Å². The van der Waals surface area contributed by atoms with Gasteiger partial charge in [-0.1, -0.05) is 23.7 Å². The lowest BCUT2D eigenvalue weighted by atomic mass is 10.0. The quantitative estimate of drug-likeness (QED) is 0.682. The van der Waals surface area contributed by atoms with E-state index >= 15 is 0 Å². The average Bonchev–Trinajstić information content (AvgIpc) is 2.36. The van der Waals surface area contributed by atoms with Crippen LogP contribution in [0.25, 0.3) is 0 Å². The molecule has 2 N–H and O–H groups in total. The van der Waals surface area contributed by atoms with E-state index in [4.69, 9.17) is 22.1 Å². The van der Waals surface area contributed by atoms with Crippen molar-refractivity contribution in [3.63, 3.8) is 0 Å². The summed E-state index contributed by atoms with van der Waals surface area (Å²) in [6, 6.07) is 11.8. The molecular formula is C14H12ClNO2. The number of nitrogens with two attached hydrogens (primary N) is 1. The number of hydrogen-bond donors (Lipinski definition) is 1. The van der Waals surface area contributed by atoms with E-state index in [1.807, 2.05) is 6.07 Å². The van der Waals surface area contributed by atoms with Crippen LogP contribution in [0, 0.1) is 0 Å². The third-order valence-corrected chi connectivity index (χ3v) is 2.75. The summed E-state index contributed by atoms with van der Waals surface area (Å²) in [7, 11) is 1.53. The van der Waals surface area contributed by atoms with Crippen LogP contribution in [0.2, 0.25) is 5.02 Å². The van der Waals surface area contributed by atoms with Gasteiger partial charge in [0.15, 0.2) is 5.78 Å². The molecular weight excluding hydrogens is 250 g/mol. The molecule has 0 saturated carbocycles. The van der Waals surface area contributed by atoms with Crippen LogP contribution in [0.4, 0.5) is 5.69 Å². The van der Waals surface area contributed by atoms with Gasteiger partial charge in [-0.15, -0.1) is 0 Å². The van der Waals surface area contributed by atoms with Crippen molar-refractivity contribution in [2.24, 2.45) is 0 Å². The predicted octanol–water partition coefficient (Wildman–Crippen LogP) is 3.16. The molecule has 2 rings (SSSR count). The second-order valence-electron chi connectivity index (χ2n) is 3.80. The molecule has 0 aromatic heterocycles. The van der Waals surface area contributed by atoms with Gasteiger partial charge in [-0.3, -0.25) is 4.79 Å². The number of methoxy groups -OCH3 is 1. The molecule has 0 aliphatic carbocycles. The van der Waals surface area contributed by atoms with Crippen molar-refractivity contribution in [2.45, 2.75) is 0 Å². The van der Waals surface area contributed by atoms with Gasteiger partial charge >= 0.3 is 0 Å². The maximum absolute atomic E-state index is 12.3. The first-order valence-corrected chi connectivity index (χ1v) is 5.73. The summed E-state index contributed by atoms with van der Waals surface area (Å²) >= 11 is 5.89. The number of carbonyl (C=O) groups is 1. The summed E-state index contributed by atoms with van der Waals surface area (Å²) in [5.74, 6) is 0.364. The van der Waals surface area contributed by atoms with Gasteiger partial charge in [0, 0.05) is 16.3 Å². The number of rotatable bonds is 3. The van der Waals surface area contributed by atoms with E-state index in [1.54, 1.807) is 36.4 Å². The molecule has 0 atom stereocenters. The highest BCUT2D eigenvalue weighted by molar-refractivity contribution is 6.31. The normalized spacial score (nSPS) is 10.1. The molecule has 0 heterocycles. The Balaban J connectivity index is 2.47. The molecule has 18 heavy (non-hydrogen) atoms. The Labute approximate surface area is 110 Å². The maximum Gasteiger partial charge on any atom is 0.196 e. The van der Waals surface area contributed by atoms with Crippen LogP contribution in [0.5, 0.6) is 5.75 Å². The van der Waals surface area contributed by atoms with E-state index < -0.39 is 0 Å². The van der Waals surface area contributed by atoms with Gasteiger partial charge in [-0.2, -0.15) is 0 Å². The lowest BCUT2D eigenvalue weighted by Crippen LogP contribution is -2.04. The number of ether oxygens (including phenoxy) is 1. The van der Waals surface area contributed by atoms with Gasteiger partial charge in [0.2, 0.25) is 0 Å². The smallest absolute Gasteiger partial charge is 0.196 e. The standard InChI is InChI=1S/C14H12ClNO2/c1-18-13-5-3-2-4-12(13)14(17)9-6-10(15)8-11(16)7-9/h2-8H,16H2,1H3. The van der Waals surface area contributed by atoms with E-state index in [0.29, 0.717) is 27.6 Å². The summed E-state index contributed by atoms with van der Waals surface area (Å²) in [5.41, 5.74) is 7.07. The van der Waals surface area contributed by atoms with Crippen LogP contribution < -0.4 is 10.5 Å². The Kier molecular flexibility index (Phi) is 3.53. The number of halogens is 1. The first kappa shape index (κ1) is 12.5. The van der Waals surface area contributed by atoms with E-state index in [2.05, 4.69) is 0 Å². The fourth-order valence-electron chi connectivity index (χ4n) is 1.73. The highest BCUT2D eigenvalue weighted by Gasteiger charge is 2.14. The highest BCUT2D eigenvalue weighted by atomic mass is 35.5. The third kappa shape index (κ3) is 2.46. The topological polar surface area (TPSA) is 52.3 Å². The minimum absolute atomic E-state index is 0.165. The predicted molar refractivity (Wildman–Crippen MR) is 72.3 cm³/mol. The molecule has 2 aromatic rings. The monoisotopic (exact) mass is 261 g/mol. The summed E-state index contributed by atoms with van der Waals surface area (Å²) in [6.45, 7) is 0. The molecule has 4 heteroatoms. The number of carbonyl (C=O) groups excluding carboxylic acids is 1. The van der Waals surface area contributed by atoms with Gasteiger partial charge in [0.1, 0.15) is 5.75 Å². The second kappa shape index (κ2) is 5.10. The Hall–Kier alpha value is -2.00. The molecule has 0 spiro atoms. The van der Waals surface area contributed by atoms with Crippen molar-refractivity contribution in [3.05, 3.63) is 58.6 Å². The number of hydrogen-bond acceptors (Lipinski definition) is 3. The molecule has 3 nitrogen and oxygen atoms in total. The first-order valence-electron chi connectivity index (χ1n) is 5.35. The maximum atomic E-state index is 12.3. The van der Waals surface area contributed by atoms with Gasteiger partial charge < -0.3 is 10.5 Å². The lowest BCUT2D eigenvalue weighted by molar-refractivity contribution is 0.103. The zero-order chi connectivity index (χ0) is 13.1. The molecule has 2 aromatic carbocycles. The van der Waals surface area contributed by atoms with Gasteiger partial charge in [0.05, 0.1) is 12.7 Å². The lowest BCUT2D eigenvalue weighted by Gasteiger charge is -2.08. The zero-order valence-corrected chi connectivity index (χ0v) is 10.6. The number of para-hydroxylation sites is 1. The Morgan fingerprint density at radius 1 is 1.22 bits per heavy atom. The van der Waals surface area contributed by atoms with Crippen LogP contribution in [0.1, 0.15) is 15.9 Å². The number of anilines is 1. The zero-order valence-electron chi connectivity index (χ0n) is 9.81. The van der Waals surface area contributed by atoms with Crippen molar-refractivity contribution < 1.29 is 9.53 Å². The summed E-state index contributed by atoms with van der Waals surface area (Å²) in [6.07, 6.45) is 0. The summed E-state index contributed by atoms with van der Waals surface area (Å²) < 4.78 is 5.16. The molecule has 0 amide bonds. The fourth-order valence-corrected chi connectivity index (χ4v) is 1.97. The summed E-state index contributed by atoms with van der Waals surface area (Å²) in [5, 5.41) is 0.438. The fraction of sp³-hybridized carbons (Fsp3) is 0.0714. The van der Waals surface area contributed by atoms with Crippen LogP contribution in [0.15, 0.2) is 42.5 Å². The van der Waals surface area contributed by atoms with E-state index in [-0.39, 0.29) is 5.78 Å². The van der Waals surface area contributed by atoms with E-state index in [9.17, 15) is 4.79 Å². The van der Waals surface area contributed by atoms with Crippen LogP contribution in [-0.4, -0.2) is 12.9 Å². The van der Waals surface area contributed by atoms with Crippen molar-refractivity contribution >= 4 is 23.1 Å². The first-order chi connectivity index (χ1) is 8.61. The second-order valence-corrected chi connectivity index (χ2v) is 4.24. The number of nitrogen functional groups attached to an aromatic ring is 1. The van der Waals surface area contributed by atoms with Crippen LogP contribution in [0.3, 0.4) is 0 Å². The largest absolute Gasteiger partial charge is 0.496 e. The van der Waals surface area contributed by atoms with Crippen molar-refractivity contribution in [1.29, 1.82) is 0 Å². The Morgan fingerprint density at radius 3 is 2.61 bits per heavy atom. The number of ketones is 1. The average molecular weight is 262 g/mol. The minimum Gasteiger partial charge on any atom is -0.496 e. The minimum atomic E-state index is -0.165. The van der Waals surface area contributed by atoms with Crippen LogP contribution >= 0.6 is 11.6 Å². The molecule has 0 aliphatic heterocycles. The Morgan fingerprint density at radius 2 is 1.94 bits per heavy atom. The van der Waals surface area contributed by atoms with Crippen LogP contribution in [-0.2, 0) is 0 Å². The Bertz CT molecular complexity index is 576. The SMILES string of the molecule is COc1ccccc1C(=O)c1cc(N)cc(Cl)c1. The molecule has 0 bridgehead atoms. The van der Waals surface area contributed by atoms with E-state index in [0.717, 1.165) is 0 Å². The van der Waals surface area contributed by atoms with E-state index in [1.165, 1.54) is 7.11 Å². The summed E-state index contributed by atoms with van der Waals surface area (Å²) in [4.78, 5) is 12.3. The van der Waals surface area contributed by atoms with Crippen molar-refractivity contribution in [1.82, 2.24) is 0 Å². The highest BCUT2D eigenvalue weighted by Crippen LogP contribution is 2.24. The molecule has 0 saturated heterocycles. The third-order valence-electron chi connectivity index (χ3n) is 2.53. The van der Waals surface area contributed by atoms with Gasteiger partial charge in [-0.25, -0.2) is 0 Å². The van der Waals surface area contributed by atoms with Crippen molar-refractivity contribution in [2.75, 3.05) is 12.8 Å². The van der Waals surface area contributed by atoms with Crippen molar-refractivity contribution in [3.8, 4) is 5.75 Å². The molecule has 0 radical (unpaired) electrons. The molecule has 92 valence electrons. The molecule has 0 fully saturated rings.